The molecular weight excluding hydrogens is 284 g/mol. The minimum Gasteiger partial charge on any atom is -0.462 e. The second-order valence-electron chi connectivity index (χ2n) is 4.54. The summed E-state index contributed by atoms with van der Waals surface area (Å²) in [6.07, 6.45) is 16.1. The van der Waals surface area contributed by atoms with E-state index in [0.29, 0.717) is 25.2 Å². The van der Waals surface area contributed by atoms with E-state index in [9.17, 15) is 4.79 Å². The van der Waals surface area contributed by atoms with Gasteiger partial charge in [-0.3, -0.25) is 4.79 Å². The Morgan fingerprint density at radius 2 is 1.91 bits per heavy atom. The van der Waals surface area contributed by atoms with Crippen molar-refractivity contribution in [2.45, 2.75) is 6.42 Å². The number of aliphatic hydroxyl groups is 1. The molecule has 0 spiro atoms. The first-order valence-corrected chi connectivity index (χ1v) is 6.96. The van der Waals surface area contributed by atoms with Crippen LogP contribution in [0.4, 0.5) is 0 Å². The molecular formula is C17H20O5. The predicted molar refractivity (Wildman–Crippen MR) is 81.6 cm³/mol. The summed E-state index contributed by atoms with van der Waals surface area (Å²) in [5.74, 6) is 4.48. The van der Waals surface area contributed by atoms with E-state index in [2.05, 4.69) is 11.8 Å². The highest BCUT2D eigenvalue weighted by molar-refractivity contribution is 5.84. The molecule has 0 fully saturated rings. The Balaban J connectivity index is 2.28. The largest absolute Gasteiger partial charge is 0.462 e. The molecule has 1 aliphatic carbocycles. The van der Waals surface area contributed by atoms with Crippen molar-refractivity contribution in [3.8, 4) is 24.7 Å². The van der Waals surface area contributed by atoms with E-state index < -0.39 is 11.4 Å². The number of esters is 1. The number of hydrogen-bond acceptors (Lipinski definition) is 5. The molecule has 0 radical (unpaired) electrons. The average Bonchev–Trinajstić information content (AvgIpc) is 2.57. The van der Waals surface area contributed by atoms with Gasteiger partial charge in [-0.1, -0.05) is 24.0 Å². The van der Waals surface area contributed by atoms with Gasteiger partial charge < -0.3 is 19.3 Å². The van der Waals surface area contributed by atoms with Crippen molar-refractivity contribution in [2.24, 2.45) is 5.41 Å². The maximum Gasteiger partial charge on any atom is 0.328 e. The van der Waals surface area contributed by atoms with E-state index in [-0.39, 0.29) is 26.4 Å². The third-order valence-electron chi connectivity index (χ3n) is 3.05. The van der Waals surface area contributed by atoms with Gasteiger partial charge in [-0.05, 0) is 12.5 Å². The predicted octanol–water partition coefficient (Wildman–Crippen LogP) is 0.694. The van der Waals surface area contributed by atoms with Crippen molar-refractivity contribution in [2.75, 3.05) is 39.6 Å². The van der Waals surface area contributed by atoms with Crippen LogP contribution in [-0.2, 0) is 19.0 Å². The topological polar surface area (TPSA) is 65.0 Å². The minimum atomic E-state index is -1.09. The Morgan fingerprint density at radius 3 is 2.45 bits per heavy atom. The Kier molecular flexibility index (Phi) is 8.03. The summed E-state index contributed by atoms with van der Waals surface area (Å²) in [6.45, 7) is 1.38. The highest BCUT2D eigenvalue weighted by Crippen LogP contribution is 2.30. The monoisotopic (exact) mass is 304 g/mol. The van der Waals surface area contributed by atoms with Gasteiger partial charge in [0.2, 0.25) is 0 Å². The van der Waals surface area contributed by atoms with Gasteiger partial charge in [0.05, 0.1) is 33.0 Å². The lowest BCUT2D eigenvalue weighted by molar-refractivity contribution is -0.151. The van der Waals surface area contributed by atoms with Crippen LogP contribution in [0, 0.1) is 30.1 Å². The fourth-order valence-electron chi connectivity index (χ4n) is 1.77. The van der Waals surface area contributed by atoms with Crippen LogP contribution in [0.2, 0.25) is 0 Å². The molecule has 118 valence electrons. The summed E-state index contributed by atoms with van der Waals surface area (Å²) in [5, 5.41) is 8.51. The Hall–Kier alpha value is -2.05. The highest BCUT2D eigenvalue weighted by Gasteiger charge is 2.36. The summed E-state index contributed by atoms with van der Waals surface area (Å²) in [6, 6.07) is 0. The van der Waals surface area contributed by atoms with E-state index >= 15 is 0 Å². The van der Waals surface area contributed by atoms with E-state index in [4.69, 9.17) is 32.2 Å². The number of terminal acetylenes is 2. The van der Waals surface area contributed by atoms with E-state index in [1.54, 1.807) is 18.2 Å². The molecule has 1 aliphatic rings. The number of carbonyl (C=O) groups is 1. The van der Waals surface area contributed by atoms with Crippen molar-refractivity contribution in [1.82, 2.24) is 0 Å². The maximum absolute atomic E-state index is 12.1. The minimum absolute atomic E-state index is 0.0187. The molecule has 0 aromatic heterocycles. The second-order valence-corrected chi connectivity index (χ2v) is 4.54. The second kappa shape index (κ2) is 9.81. The lowest BCUT2D eigenvalue weighted by atomic mass is 9.81. The van der Waals surface area contributed by atoms with E-state index in [1.807, 2.05) is 0 Å². The zero-order valence-corrected chi connectivity index (χ0v) is 12.4. The van der Waals surface area contributed by atoms with Gasteiger partial charge in [0.25, 0.3) is 0 Å². The fraction of sp³-hybridized carbons (Fsp3) is 0.471. The summed E-state index contributed by atoms with van der Waals surface area (Å²) >= 11 is 0. The zero-order chi connectivity index (χ0) is 16.3. The summed E-state index contributed by atoms with van der Waals surface area (Å²) in [7, 11) is 0. The highest BCUT2D eigenvalue weighted by atomic mass is 16.6. The lowest BCUT2D eigenvalue weighted by Crippen LogP contribution is -2.31. The van der Waals surface area contributed by atoms with Crippen LogP contribution in [0.1, 0.15) is 6.42 Å². The molecule has 0 amide bonds. The van der Waals surface area contributed by atoms with Crippen molar-refractivity contribution in [3.63, 3.8) is 0 Å². The van der Waals surface area contributed by atoms with Gasteiger partial charge in [0, 0.05) is 5.57 Å². The van der Waals surface area contributed by atoms with Crippen LogP contribution in [0.3, 0.4) is 0 Å². The molecule has 0 saturated heterocycles. The van der Waals surface area contributed by atoms with Crippen LogP contribution >= 0.6 is 0 Å². The lowest BCUT2D eigenvalue weighted by Gasteiger charge is -2.23. The molecule has 0 aliphatic heterocycles. The Labute approximate surface area is 130 Å². The average molecular weight is 304 g/mol. The van der Waals surface area contributed by atoms with Crippen LogP contribution < -0.4 is 0 Å². The maximum atomic E-state index is 12.1. The number of allylic oxidation sites excluding steroid dienone is 3. The Bertz CT molecular complexity index is 506. The van der Waals surface area contributed by atoms with Crippen molar-refractivity contribution in [3.05, 3.63) is 23.8 Å². The number of aliphatic hydroxyl groups excluding tert-OH is 1. The third-order valence-corrected chi connectivity index (χ3v) is 3.05. The summed E-state index contributed by atoms with van der Waals surface area (Å²) in [5.41, 5.74) is -0.394. The van der Waals surface area contributed by atoms with Gasteiger partial charge in [0.15, 0.2) is 0 Å². The summed E-state index contributed by atoms with van der Waals surface area (Å²) < 4.78 is 15.4. The quantitative estimate of drug-likeness (QED) is 0.386. The SMILES string of the molecule is C#CC1=CCC(C#C)(C(=O)OCCOCCOCCO)C=C1. The first-order valence-electron chi connectivity index (χ1n) is 6.96. The molecule has 0 bridgehead atoms. The molecule has 1 rings (SSSR count). The van der Waals surface area contributed by atoms with Crippen molar-refractivity contribution in [1.29, 1.82) is 0 Å². The van der Waals surface area contributed by atoms with Crippen LogP contribution in [0.25, 0.3) is 0 Å². The van der Waals surface area contributed by atoms with Crippen molar-refractivity contribution < 1.29 is 24.1 Å². The molecule has 0 aromatic carbocycles. The summed E-state index contributed by atoms with van der Waals surface area (Å²) in [4.78, 5) is 12.1. The number of rotatable bonds is 9. The molecule has 5 nitrogen and oxygen atoms in total. The van der Waals surface area contributed by atoms with Gasteiger partial charge in [0.1, 0.15) is 12.0 Å². The molecule has 0 saturated carbocycles. The van der Waals surface area contributed by atoms with Gasteiger partial charge >= 0.3 is 5.97 Å². The fourth-order valence-corrected chi connectivity index (χ4v) is 1.77. The number of carbonyl (C=O) groups excluding carboxylic acids is 1. The molecule has 0 heterocycles. The van der Waals surface area contributed by atoms with Gasteiger partial charge in [-0.2, -0.15) is 0 Å². The number of ether oxygens (including phenoxy) is 3. The zero-order valence-electron chi connectivity index (χ0n) is 12.4. The molecule has 0 aromatic rings. The number of hydrogen-bond donors (Lipinski definition) is 1. The van der Waals surface area contributed by atoms with Gasteiger partial charge in [-0.15, -0.1) is 12.8 Å². The molecule has 22 heavy (non-hydrogen) atoms. The van der Waals surface area contributed by atoms with E-state index in [0.717, 1.165) is 0 Å². The van der Waals surface area contributed by atoms with Crippen LogP contribution in [0.15, 0.2) is 23.8 Å². The standard InChI is InChI=1S/C17H20O5/c1-3-15-5-7-17(4-2,8-6-15)16(19)22-14-13-21-12-11-20-10-9-18/h1-2,5-7,18H,8-14H2. The first kappa shape index (κ1) is 18.0. The molecule has 5 heteroatoms. The van der Waals surface area contributed by atoms with E-state index in [1.165, 1.54) is 0 Å². The first-order chi connectivity index (χ1) is 10.7. The van der Waals surface area contributed by atoms with Crippen LogP contribution in [-0.4, -0.2) is 50.7 Å². The Morgan fingerprint density at radius 1 is 1.23 bits per heavy atom. The molecule has 1 unspecified atom stereocenters. The van der Waals surface area contributed by atoms with Crippen LogP contribution in [0.5, 0.6) is 0 Å². The van der Waals surface area contributed by atoms with Crippen molar-refractivity contribution >= 4 is 5.97 Å². The molecule has 1 N–H and O–H groups in total. The normalized spacial score (nSPS) is 19.9. The smallest absolute Gasteiger partial charge is 0.328 e. The molecule has 1 atom stereocenters. The third kappa shape index (κ3) is 5.38. The van der Waals surface area contributed by atoms with Gasteiger partial charge in [-0.25, -0.2) is 0 Å².